The highest BCUT2D eigenvalue weighted by atomic mass is 32.2. The zero-order valence-electron chi connectivity index (χ0n) is 16.4. The number of hydrogen-bond acceptors (Lipinski definition) is 4. The molecular weight excluding hydrogens is 381 g/mol. The summed E-state index contributed by atoms with van der Waals surface area (Å²) in [4.78, 5) is 14.0. The normalized spacial score (nSPS) is 11.5. The number of halogens is 1. The SMILES string of the molecule is CCCC(=O)N(Cc1cccc(OS(=O)(=O)c2ccc(F)cc2)c1)CC(C)C. The molecule has 2 rings (SSSR count). The molecule has 0 aliphatic heterocycles. The first-order valence-electron chi connectivity index (χ1n) is 9.28. The summed E-state index contributed by atoms with van der Waals surface area (Å²) in [5, 5.41) is 0. The Morgan fingerprint density at radius 2 is 1.82 bits per heavy atom. The number of nitrogens with zero attached hydrogens (tertiary/aromatic N) is 1. The average Bonchev–Trinajstić information content (AvgIpc) is 2.61. The lowest BCUT2D eigenvalue weighted by molar-refractivity contribution is -0.132. The monoisotopic (exact) mass is 407 g/mol. The summed E-state index contributed by atoms with van der Waals surface area (Å²) in [6, 6.07) is 11.1. The Bertz CT molecular complexity index is 895. The van der Waals surface area contributed by atoms with Crippen molar-refractivity contribution in [3.05, 3.63) is 59.9 Å². The van der Waals surface area contributed by atoms with Crippen LogP contribution in [0.3, 0.4) is 0 Å². The molecular formula is C21H26FNO4S. The van der Waals surface area contributed by atoms with E-state index in [1.54, 1.807) is 17.0 Å². The maximum absolute atomic E-state index is 13.0. The van der Waals surface area contributed by atoms with Gasteiger partial charge in [0.25, 0.3) is 0 Å². The summed E-state index contributed by atoms with van der Waals surface area (Å²) in [7, 11) is -4.07. The Morgan fingerprint density at radius 3 is 2.43 bits per heavy atom. The van der Waals surface area contributed by atoms with E-state index in [1.165, 1.54) is 6.07 Å². The highest BCUT2D eigenvalue weighted by molar-refractivity contribution is 7.87. The van der Waals surface area contributed by atoms with Crippen LogP contribution in [0.5, 0.6) is 5.75 Å². The quantitative estimate of drug-likeness (QED) is 0.579. The van der Waals surface area contributed by atoms with Gasteiger partial charge in [0.1, 0.15) is 16.5 Å². The molecule has 2 aromatic carbocycles. The number of carbonyl (C=O) groups is 1. The second-order valence-corrected chi connectivity index (χ2v) is 8.60. The van der Waals surface area contributed by atoms with Crippen LogP contribution in [0.2, 0.25) is 0 Å². The molecule has 0 fully saturated rings. The van der Waals surface area contributed by atoms with E-state index < -0.39 is 15.9 Å². The summed E-state index contributed by atoms with van der Waals surface area (Å²) in [6.45, 7) is 7.05. The van der Waals surface area contributed by atoms with E-state index in [-0.39, 0.29) is 16.6 Å². The predicted molar refractivity (Wildman–Crippen MR) is 106 cm³/mol. The zero-order chi connectivity index (χ0) is 20.7. The third-order valence-electron chi connectivity index (χ3n) is 3.98. The number of amides is 1. The van der Waals surface area contributed by atoms with Gasteiger partial charge in [-0.15, -0.1) is 0 Å². The van der Waals surface area contributed by atoms with Gasteiger partial charge < -0.3 is 9.08 Å². The highest BCUT2D eigenvalue weighted by Gasteiger charge is 2.18. The lowest BCUT2D eigenvalue weighted by Gasteiger charge is -2.25. The molecule has 1 amide bonds. The molecule has 7 heteroatoms. The molecule has 0 N–H and O–H groups in total. The molecule has 0 spiro atoms. The highest BCUT2D eigenvalue weighted by Crippen LogP contribution is 2.21. The van der Waals surface area contributed by atoms with Crippen molar-refractivity contribution in [1.82, 2.24) is 4.90 Å². The Hall–Kier alpha value is -2.41. The van der Waals surface area contributed by atoms with Crippen molar-refractivity contribution in [1.29, 1.82) is 0 Å². The topological polar surface area (TPSA) is 63.7 Å². The average molecular weight is 408 g/mol. The number of carbonyl (C=O) groups excluding carboxylic acids is 1. The van der Waals surface area contributed by atoms with Gasteiger partial charge in [0.05, 0.1) is 0 Å². The van der Waals surface area contributed by atoms with Crippen molar-refractivity contribution >= 4 is 16.0 Å². The van der Waals surface area contributed by atoms with Crippen LogP contribution in [0.1, 0.15) is 39.2 Å². The van der Waals surface area contributed by atoms with E-state index in [4.69, 9.17) is 4.18 Å². The Balaban J connectivity index is 2.18. The minimum Gasteiger partial charge on any atom is -0.379 e. The van der Waals surface area contributed by atoms with E-state index in [0.29, 0.717) is 25.4 Å². The minimum atomic E-state index is -4.07. The van der Waals surface area contributed by atoms with Crippen LogP contribution in [0.15, 0.2) is 53.4 Å². The molecule has 0 atom stereocenters. The smallest absolute Gasteiger partial charge is 0.339 e. The Kier molecular flexibility index (Phi) is 7.57. The van der Waals surface area contributed by atoms with Gasteiger partial charge >= 0.3 is 10.1 Å². The van der Waals surface area contributed by atoms with Crippen molar-refractivity contribution < 1.29 is 21.8 Å². The van der Waals surface area contributed by atoms with E-state index >= 15 is 0 Å². The lowest BCUT2D eigenvalue weighted by Crippen LogP contribution is -2.33. The van der Waals surface area contributed by atoms with E-state index in [0.717, 1.165) is 36.2 Å². The van der Waals surface area contributed by atoms with Gasteiger partial charge in [-0.1, -0.05) is 32.9 Å². The van der Waals surface area contributed by atoms with Crippen molar-refractivity contribution in [2.45, 2.75) is 45.1 Å². The van der Waals surface area contributed by atoms with Gasteiger partial charge in [-0.25, -0.2) is 4.39 Å². The number of rotatable bonds is 9. The maximum atomic E-state index is 13.0. The molecule has 0 bridgehead atoms. The first kappa shape index (κ1) is 21.9. The van der Waals surface area contributed by atoms with Crippen LogP contribution in [0.25, 0.3) is 0 Å². The molecule has 152 valence electrons. The summed E-state index contributed by atoms with van der Waals surface area (Å²) >= 11 is 0. The van der Waals surface area contributed by atoms with E-state index in [2.05, 4.69) is 0 Å². The van der Waals surface area contributed by atoms with Crippen LogP contribution in [-0.2, 0) is 21.5 Å². The molecule has 5 nitrogen and oxygen atoms in total. The van der Waals surface area contributed by atoms with Crippen LogP contribution < -0.4 is 4.18 Å². The van der Waals surface area contributed by atoms with E-state index in [1.807, 2.05) is 26.8 Å². The van der Waals surface area contributed by atoms with Crippen LogP contribution in [0.4, 0.5) is 4.39 Å². The van der Waals surface area contributed by atoms with Crippen molar-refractivity contribution in [2.24, 2.45) is 5.92 Å². The Morgan fingerprint density at radius 1 is 1.14 bits per heavy atom. The first-order chi connectivity index (χ1) is 13.2. The lowest BCUT2D eigenvalue weighted by atomic mass is 10.1. The van der Waals surface area contributed by atoms with Crippen LogP contribution in [0, 0.1) is 11.7 Å². The van der Waals surface area contributed by atoms with Gasteiger partial charge in [0, 0.05) is 19.5 Å². The second kappa shape index (κ2) is 9.68. The molecule has 2 aromatic rings. The third kappa shape index (κ3) is 6.34. The fourth-order valence-corrected chi connectivity index (χ4v) is 3.68. The summed E-state index contributed by atoms with van der Waals surface area (Å²) in [6.07, 6.45) is 1.24. The largest absolute Gasteiger partial charge is 0.379 e. The number of hydrogen-bond donors (Lipinski definition) is 0. The predicted octanol–water partition coefficient (Wildman–Crippen LogP) is 4.38. The van der Waals surface area contributed by atoms with Crippen molar-refractivity contribution in [2.75, 3.05) is 6.54 Å². The standard InChI is InChI=1S/C21H26FNO4S/c1-4-6-21(24)23(14-16(2)3)15-17-7-5-8-19(13-17)27-28(25,26)20-11-9-18(22)10-12-20/h5,7-13,16H,4,6,14-15H2,1-3H3. The van der Waals surface area contributed by atoms with Gasteiger partial charge in [0.2, 0.25) is 5.91 Å². The maximum Gasteiger partial charge on any atom is 0.339 e. The molecule has 0 radical (unpaired) electrons. The molecule has 0 unspecified atom stereocenters. The van der Waals surface area contributed by atoms with Gasteiger partial charge in [-0.3, -0.25) is 4.79 Å². The molecule has 0 aromatic heterocycles. The molecule has 0 heterocycles. The molecule has 0 saturated heterocycles. The van der Waals surface area contributed by atoms with E-state index in [9.17, 15) is 17.6 Å². The minimum absolute atomic E-state index is 0.0708. The van der Waals surface area contributed by atoms with Crippen molar-refractivity contribution in [3.63, 3.8) is 0 Å². The van der Waals surface area contributed by atoms with Crippen LogP contribution >= 0.6 is 0 Å². The van der Waals surface area contributed by atoms with Gasteiger partial charge in [-0.05, 0) is 54.3 Å². The second-order valence-electron chi connectivity index (χ2n) is 7.06. The third-order valence-corrected chi connectivity index (χ3v) is 5.24. The Labute approximate surface area is 166 Å². The molecule has 28 heavy (non-hydrogen) atoms. The van der Waals surface area contributed by atoms with Gasteiger partial charge in [0.15, 0.2) is 0 Å². The van der Waals surface area contributed by atoms with Gasteiger partial charge in [-0.2, -0.15) is 8.42 Å². The number of benzene rings is 2. The molecule has 0 saturated carbocycles. The molecule has 0 aliphatic rings. The fraction of sp³-hybridized carbons (Fsp3) is 0.381. The molecule has 0 aliphatic carbocycles. The fourth-order valence-electron chi connectivity index (χ4n) is 2.76. The van der Waals surface area contributed by atoms with Crippen molar-refractivity contribution in [3.8, 4) is 5.75 Å². The van der Waals surface area contributed by atoms with Crippen LogP contribution in [-0.4, -0.2) is 25.8 Å². The first-order valence-corrected chi connectivity index (χ1v) is 10.7. The summed E-state index contributed by atoms with van der Waals surface area (Å²) in [5.74, 6) is 0.0118. The summed E-state index contributed by atoms with van der Waals surface area (Å²) < 4.78 is 43.0. The zero-order valence-corrected chi connectivity index (χ0v) is 17.2. The summed E-state index contributed by atoms with van der Waals surface area (Å²) in [5.41, 5.74) is 0.775.